The van der Waals surface area contributed by atoms with Gasteiger partial charge in [0.1, 0.15) is 0 Å². The Morgan fingerprint density at radius 3 is 2.74 bits per heavy atom. The van der Waals surface area contributed by atoms with Gasteiger partial charge >= 0.3 is 0 Å². The van der Waals surface area contributed by atoms with E-state index < -0.39 is 0 Å². The van der Waals surface area contributed by atoms with E-state index >= 15 is 0 Å². The van der Waals surface area contributed by atoms with Crippen LogP contribution in [0.15, 0.2) is 28.7 Å². The fraction of sp³-hybridized carbons (Fsp3) is 0.385. The number of benzene rings is 1. The minimum absolute atomic E-state index is 0.105. The molecule has 0 saturated heterocycles. The van der Waals surface area contributed by atoms with Gasteiger partial charge in [-0.1, -0.05) is 22.0 Å². The van der Waals surface area contributed by atoms with Crippen LogP contribution in [0.25, 0.3) is 0 Å². The summed E-state index contributed by atoms with van der Waals surface area (Å²) in [6, 6.07) is 7.09. The predicted octanol–water partition coefficient (Wildman–Crippen LogP) is 1.33. The van der Waals surface area contributed by atoms with Gasteiger partial charge in [0, 0.05) is 36.7 Å². The van der Waals surface area contributed by atoms with Gasteiger partial charge in [-0.3, -0.25) is 9.59 Å². The molecule has 2 N–H and O–H groups in total. The van der Waals surface area contributed by atoms with Crippen LogP contribution < -0.4 is 10.6 Å². The van der Waals surface area contributed by atoms with Crippen LogP contribution in [0.5, 0.6) is 0 Å². The highest BCUT2D eigenvalue weighted by molar-refractivity contribution is 9.10. The third-order valence-electron chi connectivity index (χ3n) is 2.35. The Hall–Kier alpha value is -1.40. The van der Waals surface area contributed by atoms with Crippen molar-refractivity contribution < 1.29 is 14.3 Å². The Bertz CT molecular complexity index is 438. The molecule has 2 amide bonds. The highest BCUT2D eigenvalue weighted by atomic mass is 79.9. The van der Waals surface area contributed by atoms with Crippen LogP contribution >= 0.6 is 15.9 Å². The lowest BCUT2D eigenvalue weighted by atomic mass is 10.2. The van der Waals surface area contributed by atoms with E-state index in [1.165, 1.54) is 0 Å². The Labute approximate surface area is 120 Å². The molecule has 0 aromatic heterocycles. The van der Waals surface area contributed by atoms with Crippen molar-refractivity contribution in [3.8, 4) is 0 Å². The monoisotopic (exact) mass is 328 g/mol. The van der Waals surface area contributed by atoms with Crippen molar-refractivity contribution in [3.63, 3.8) is 0 Å². The smallest absolute Gasteiger partial charge is 0.251 e. The Morgan fingerprint density at radius 1 is 1.26 bits per heavy atom. The molecule has 1 aromatic carbocycles. The maximum absolute atomic E-state index is 11.8. The average Bonchev–Trinajstić information content (AvgIpc) is 2.39. The summed E-state index contributed by atoms with van der Waals surface area (Å²) in [7, 11) is 1.57. The summed E-state index contributed by atoms with van der Waals surface area (Å²) in [5, 5.41) is 5.38. The molecule has 0 unspecified atom stereocenters. The van der Waals surface area contributed by atoms with Crippen LogP contribution in [-0.4, -0.2) is 38.6 Å². The molecule has 0 aliphatic rings. The van der Waals surface area contributed by atoms with Crippen molar-refractivity contribution in [1.82, 2.24) is 10.6 Å². The quantitative estimate of drug-likeness (QED) is 0.742. The van der Waals surface area contributed by atoms with Crippen molar-refractivity contribution in [3.05, 3.63) is 34.3 Å². The molecule has 0 aliphatic heterocycles. The lowest BCUT2D eigenvalue weighted by Gasteiger charge is -2.06. The molecule has 0 fully saturated rings. The van der Waals surface area contributed by atoms with Gasteiger partial charge in [0.2, 0.25) is 5.91 Å². The molecule has 1 aromatic rings. The van der Waals surface area contributed by atoms with E-state index in [0.717, 1.165) is 4.47 Å². The summed E-state index contributed by atoms with van der Waals surface area (Å²) < 4.78 is 5.66. The standard InChI is InChI=1S/C13H17BrN2O3/c1-19-8-7-15-12(17)5-6-16-13(18)10-3-2-4-11(14)9-10/h2-4,9H,5-8H2,1H3,(H,15,17)(H,16,18). The van der Waals surface area contributed by atoms with E-state index in [-0.39, 0.29) is 18.2 Å². The number of methoxy groups -OCH3 is 1. The predicted molar refractivity (Wildman–Crippen MR) is 76.0 cm³/mol. The first-order chi connectivity index (χ1) is 9.13. The van der Waals surface area contributed by atoms with Crippen LogP contribution in [0.3, 0.4) is 0 Å². The number of halogens is 1. The summed E-state index contributed by atoms with van der Waals surface area (Å²) in [6.07, 6.45) is 0.253. The molecule has 5 nitrogen and oxygen atoms in total. The highest BCUT2D eigenvalue weighted by Crippen LogP contribution is 2.11. The van der Waals surface area contributed by atoms with Crippen LogP contribution in [0.2, 0.25) is 0 Å². The molecule has 0 bridgehead atoms. The molecular formula is C13H17BrN2O3. The van der Waals surface area contributed by atoms with Gasteiger partial charge in [-0.2, -0.15) is 0 Å². The van der Waals surface area contributed by atoms with E-state index in [1.807, 2.05) is 6.07 Å². The SMILES string of the molecule is COCCNC(=O)CCNC(=O)c1cccc(Br)c1. The summed E-state index contributed by atoms with van der Waals surface area (Å²) in [6.45, 7) is 1.27. The molecular weight excluding hydrogens is 312 g/mol. The zero-order chi connectivity index (χ0) is 14.1. The minimum Gasteiger partial charge on any atom is -0.383 e. The molecule has 0 heterocycles. The van der Waals surface area contributed by atoms with Crippen LogP contribution in [-0.2, 0) is 9.53 Å². The van der Waals surface area contributed by atoms with E-state index in [9.17, 15) is 9.59 Å². The van der Waals surface area contributed by atoms with Gasteiger partial charge in [-0.05, 0) is 18.2 Å². The normalized spacial score (nSPS) is 10.0. The second-order valence-corrected chi connectivity index (χ2v) is 4.77. The lowest BCUT2D eigenvalue weighted by molar-refractivity contribution is -0.121. The minimum atomic E-state index is -0.189. The fourth-order valence-corrected chi connectivity index (χ4v) is 1.80. The number of carbonyl (C=O) groups excluding carboxylic acids is 2. The van der Waals surface area contributed by atoms with Crippen molar-refractivity contribution in [2.75, 3.05) is 26.8 Å². The van der Waals surface area contributed by atoms with Crippen LogP contribution in [0, 0.1) is 0 Å². The summed E-state index contributed by atoms with van der Waals surface area (Å²) >= 11 is 3.30. The summed E-state index contributed by atoms with van der Waals surface area (Å²) in [5.74, 6) is -0.294. The molecule has 0 aliphatic carbocycles. The first kappa shape index (κ1) is 15.7. The Kier molecular flexibility index (Phi) is 7.14. The molecule has 19 heavy (non-hydrogen) atoms. The van der Waals surface area contributed by atoms with Gasteiger partial charge in [0.05, 0.1) is 6.61 Å². The van der Waals surface area contributed by atoms with E-state index in [1.54, 1.807) is 25.3 Å². The maximum Gasteiger partial charge on any atom is 0.251 e. The molecule has 6 heteroatoms. The third-order valence-corrected chi connectivity index (χ3v) is 2.85. The van der Waals surface area contributed by atoms with E-state index in [4.69, 9.17) is 4.74 Å². The second kappa shape index (κ2) is 8.66. The Morgan fingerprint density at radius 2 is 2.05 bits per heavy atom. The first-order valence-corrected chi connectivity index (χ1v) is 6.72. The topological polar surface area (TPSA) is 67.4 Å². The number of carbonyl (C=O) groups is 2. The van der Waals surface area contributed by atoms with Crippen LogP contribution in [0.4, 0.5) is 0 Å². The van der Waals surface area contributed by atoms with Gasteiger partial charge in [-0.15, -0.1) is 0 Å². The largest absolute Gasteiger partial charge is 0.383 e. The number of ether oxygens (including phenoxy) is 1. The Balaban J connectivity index is 2.25. The van der Waals surface area contributed by atoms with Crippen LogP contribution in [0.1, 0.15) is 16.8 Å². The number of hydrogen-bond acceptors (Lipinski definition) is 3. The molecule has 0 saturated carbocycles. The number of nitrogens with one attached hydrogen (secondary N) is 2. The highest BCUT2D eigenvalue weighted by Gasteiger charge is 2.06. The zero-order valence-electron chi connectivity index (χ0n) is 10.7. The number of rotatable bonds is 7. The van der Waals surface area contributed by atoms with Gasteiger partial charge in [-0.25, -0.2) is 0 Å². The zero-order valence-corrected chi connectivity index (χ0v) is 12.3. The molecule has 0 spiro atoms. The lowest BCUT2D eigenvalue weighted by Crippen LogP contribution is -2.32. The van der Waals surface area contributed by atoms with Gasteiger partial charge < -0.3 is 15.4 Å². The number of hydrogen-bond donors (Lipinski definition) is 2. The maximum atomic E-state index is 11.8. The summed E-state index contributed by atoms with van der Waals surface area (Å²) in [4.78, 5) is 23.1. The van der Waals surface area contributed by atoms with E-state index in [0.29, 0.717) is 25.3 Å². The number of amides is 2. The van der Waals surface area contributed by atoms with Crippen molar-refractivity contribution in [1.29, 1.82) is 0 Å². The summed E-state index contributed by atoms with van der Waals surface area (Å²) in [5.41, 5.74) is 0.564. The van der Waals surface area contributed by atoms with Gasteiger partial charge in [0.15, 0.2) is 0 Å². The van der Waals surface area contributed by atoms with E-state index in [2.05, 4.69) is 26.6 Å². The van der Waals surface area contributed by atoms with Crippen molar-refractivity contribution in [2.45, 2.75) is 6.42 Å². The molecule has 1 rings (SSSR count). The van der Waals surface area contributed by atoms with Gasteiger partial charge in [0.25, 0.3) is 5.91 Å². The molecule has 104 valence electrons. The van der Waals surface area contributed by atoms with Crippen molar-refractivity contribution in [2.24, 2.45) is 0 Å². The third kappa shape index (κ3) is 6.35. The second-order valence-electron chi connectivity index (χ2n) is 3.86. The first-order valence-electron chi connectivity index (χ1n) is 5.93. The fourth-order valence-electron chi connectivity index (χ4n) is 1.40. The molecule has 0 radical (unpaired) electrons. The van der Waals surface area contributed by atoms with Crippen molar-refractivity contribution >= 4 is 27.7 Å². The average molecular weight is 329 g/mol. The molecule has 0 atom stereocenters.